The van der Waals surface area contributed by atoms with Crippen molar-refractivity contribution in [2.45, 2.75) is 24.8 Å². The van der Waals surface area contributed by atoms with Gasteiger partial charge in [0.1, 0.15) is 10.7 Å². The minimum atomic E-state index is -4.00. The molecule has 1 aromatic rings. The molecule has 0 amide bonds. The van der Waals surface area contributed by atoms with Gasteiger partial charge in [-0.1, -0.05) is 11.6 Å². The molecule has 0 saturated carbocycles. The number of ketones is 1. The summed E-state index contributed by atoms with van der Waals surface area (Å²) in [4.78, 5) is 20.6. The number of nitrogens with one attached hydrogen (secondary N) is 1. The van der Waals surface area contributed by atoms with E-state index in [0.29, 0.717) is 0 Å². The Bertz CT molecular complexity index is 629. The van der Waals surface area contributed by atoms with Crippen molar-refractivity contribution in [2.75, 3.05) is 0 Å². The molecule has 1 rings (SSSR count). The number of rotatable bonds is 5. The molecule has 7 nitrogen and oxygen atoms in total. The molecule has 0 aliphatic rings. The Kier molecular flexibility index (Phi) is 4.61. The standard InChI is InChI=1S/C10H11ClN2O5S/c1-6(7(2)14)12-19(17,18)10-4-3-8(13(15)16)5-9(10)11/h3-6,12H,1-2H3. The van der Waals surface area contributed by atoms with E-state index < -0.39 is 21.0 Å². The Morgan fingerprint density at radius 1 is 1.47 bits per heavy atom. The van der Waals surface area contributed by atoms with Crippen LogP contribution in [0.3, 0.4) is 0 Å². The van der Waals surface area contributed by atoms with E-state index >= 15 is 0 Å². The van der Waals surface area contributed by atoms with Crippen LogP contribution in [-0.4, -0.2) is 25.2 Å². The highest BCUT2D eigenvalue weighted by molar-refractivity contribution is 7.89. The lowest BCUT2D eigenvalue weighted by atomic mass is 10.3. The van der Waals surface area contributed by atoms with Crippen molar-refractivity contribution in [2.24, 2.45) is 0 Å². The van der Waals surface area contributed by atoms with E-state index in [1.165, 1.54) is 13.8 Å². The number of hydrogen-bond donors (Lipinski definition) is 1. The highest BCUT2D eigenvalue weighted by Crippen LogP contribution is 2.26. The predicted octanol–water partition coefficient (Wildman–Crippen LogP) is 1.50. The molecule has 1 N–H and O–H groups in total. The Morgan fingerprint density at radius 3 is 2.47 bits per heavy atom. The van der Waals surface area contributed by atoms with Crippen molar-refractivity contribution >= 4 is 33.1 Å². The molecular weight excluding hydrogens is 296 g/mol. The van der Waals surface area contributed by atoms with Gasteiger partial charge in [0.2, 0.25) is 10.0 Å². The second-order valence-electron chi connectivity index (χ2n) is 3.83. The maximum Gasteiger partial charge on any atom is 0.271 e. The second-order valence-corrected chi connectivity index (χ2v) is 5.92. The molecule has 0 radical (unpaired) electrons. The number of hydrogen-bond acceptors (Lipinski definition) is 5. The van der Waals surface area contributed by atoms with Crippen molar-refractivity contribution in [3.63, 3.8) is 0 Å². The summed E-state index contributed by atoms with van der Waals surface area (Å²) in [5.41, 5.74) is -0.316. The summed E-state index contributed by atoms with van der Waals surface area (Å²) in [5.74, 6) is -0.360. The number of nitrogens with zero attached hydrogens (tertiary/aromatic N) is 1. The molecule has 0 heterocycles. The van der Waals surface area contributed by atoms with Crippen molar-refractivity contribution in [3.8, 4) is 0 Å². The van der Waals surface area contributed by atoms with E-state index in [0.717, 1.165) is 18.2 Å². The van der Waals surface area contributed by atoms with Crippen molar-refractivity contribution in [1.29, 1.82) is 0 Å². The van der Waals surface area contributed by atoms with Gasteiger partial charge in [-0.3, -0.25) is 14.9 Å². The first kappa shape index (κ1) is 15.5. The molecule has 104 valence electrons. The van der Waals surface area contributed by atoms with Crippen LogP contribution >= 0.6 is 11.6 Å². The highest BCUT2D eigenvalue weighted by atomic mass is 35.5. The lowest BCUT2D eigenvalue weighted by Crippen LogP contribution is -2.37. The largest absolute Gasteiger partial charge is 0.298 e. The zero-order valence-corrected chi connectivity index (χ0v) is 11.7. The van der Waals surface area contributed by atoms with E-state index in [9.17, 15) is 23.3 Å². The maximum absolute atomic E-state index is 11.9. The SMILES string of the molecule is CC(=O)C(C)NS(=O)(=O)c1ccc([N+](=O)[O-])cc1Cl. The van der Waals surface area contributed by atoms with Gasteiger partial charge in [-0.2, -0.15) is 0 Å². The summed E-state index contributed by atoms with van der Waals surface area (Å²) in [6.45, 7) is 2.63. The third-order valence-corrected chi connectivity index (χ3v) is 4.38. The van der Waals surface area contributed by atoms with Gasteiger partial charge in [-0.25, -0.2) is 13.1 Å². The smallest absolute Gasteiger partial charge is 0.271 e. The minimum Gasteiger partial charge on any atom is -0.298 e. The Morgan fingerprint density at radius 2 is 2.05 bits per heavy atom. The summed E-state index contributed by atoms with van der Waals surface area (Å²) in [6, 6.07) is 2.08. The molecule has 1 aromatic carbocycles. The van der Waals surface area contributed by atoms with Crippen LogP contribution < -0.4 is 4.72 Å². The first-order valence-electron chi connectivity index (χ1n) is 5.12. The molecule has 1 unspecified atom stereocenters. The van der Waals surface area contributed by atoms with Gasteiger partial charge >= 0.3 is 0 Å². The Hall–Kier alpha value is -1.51. The molecule has 0 aliphatic heterocycles. The number of nitro groups is 1. The summed E-state index contributed by atoms with van der Waals surface area (Å²) >= 11 is 5.71. The molecule has 0 aliphatic carbocycles. The fourth-order valence-electron chi connectivity index (χ4n) is 1.20. The first-order valence-corrected chi connectivity index (χ1v) is 6.98. The lowest BCUT2D eigenvalue weighted by Gasteiger charge is -2.12. The molecule has 0 aromatic heterocycles. The minimum absolute atomic E-state index is 0.280. The molecule has 9 heteroatoms. The number of non-ortho nitro benzene ring substituents is 1. The van der Waals surface area contributed by atoms with Crippen molar-refractivity contribution in [1.82, 2.24) is 4.72 Å². The predicted molar refractivity (Wildman–Crippen MR) is 68.6 cm³/mol. The average molecular weight is 307 g/mol. The maximum atomic E-state index is 11.9. The summed E-state index contributed by atoms with van der Waals surface area (Å²) in [7, 11) is -4.00. The zero-order chi connectivity index (χ0) is 14.8. The van der Waals surface area contributed by atoms with Crippen LogP contribution in [0.15, 0.2) is 23.1 Å². The Labute approximate surface area is 114 Å². The number of halogens is 1. The van der Waals surface area contributed by atoms with Crippen LogP contribution in [0.25, 0.3) is 0 Å². The van der Waals surface area contributed by atoms with Crippen LogP contribution in [0.1, 0.15) is 13.8 Å². The van der Waals surface area contributed by atoms with E-state index in [1.54, 1.807) is 0 Å². The van der Waals surface area contributed by atoms with Gasteiger partial charge in [-0.05, 0) is 19.9 Å². The van der Waals surface area contributed by atoms with E-state index in [2.05, 4.69) is 4.72 Å². The molecule has 0 spiro atoms. The monoisotopic (exact) mass is 306 g/mol. The first-order chi connectivity index (χ1) is 8.65. The van der Waals surface area contributed by atoms with Gasteiger partial charge in [0.25, 0.3) is 5.69 Å². The van der Waals surface area contributed by atoms with E-state index in [-0.39, 0.29) is 21.4 Å². The third kappa shape index (κ3) is 3.72. The van der Waals surface area contributed by atoms with Crippen LogP contribution in [0.5, 0.6) is 0 Å². The number of benzene rings is 1. The van der Waals surface area contributed by atoms with Gasteiger partial charge in [0, 0.05) is 12.1 Å². The molecule has 0 fully saturated rings. The number of carbonyl (C=O) groups is 1. The quantitative estimate of drug-likeness (QED) is 0.655. The third-order valence-electron chi connectivity index (χ3n) is 2.36. The Balaban J connectivity index is 3.16. The molecule has 19 heavy (non-hydrogen) atoms. The fourth-order valence-corrected chi connectivity index (χ4v) is 3.00. The highest BCUT2D eigenvalue weighted by Gasteiger charge is 2.23. The fraction of sp³-hybridized carbons (Fsp3) is 0.300. The van der Waals surface area contributed by atoms with Gasteiger partial charge in [0.15, 0.2) is 0 Å². The van der Waals surface area contributed by atoms with Crippen LogP contribution in [0.2, 0.25) is 5.02 Å². The van der Waals surface area contributed by atoms with Crippen molar-refractivity contribution in [3.05, 3.63) is 33.3 Å². The number of nitro benzene ring substituents is 1. The summed E-state index contributed by atoms with van der Waals surface area (Å²) < 4.78 is 26.0. The van der Waals surface area contributed by atoms with Crippen LogP contribution in [0, 0.1) is 10.1 Å². The second kappa shape index (κ2) is 5.64. The van der Waals surface area contributed by atoms with Crippen LogP contribution in [-0.2, 0) is 14.8 Å². The van der Waals surface area contributed by atoms with E-state index in [1.807, 2.05) is 0 Å². The van der Waals surface area contributed by atoms with Gasteiger partial charge in [-0.15, -0.1) is 0 Å². The average Bonchev–Trinajstić information content (AvgIpc) is 2.27. The van der Waals surface area contributed by atoms with Crippen LogP contribution in [0.4, 0.5) is 5.69 Å². The number of Topliss-reactive ketones (excluding diaryl/α,β-unsaturated/α-hetero) is 1. The summed E-state index contributed by atoms with van der Waals surface area (Å²) in [5, 5.41) is 10.2. The number of sulfonamides is 1. The number of carbonyl (C=O) groups excluding carboxylic acids is 1. The molecule has 0 bridgehead atoms. The molecule has 1 atom stereocenters. The zero-order valence-electron chi connectivity index (χ0n) is 10.1. The van der Waals surface area contributed by atoms with Gasteiger partial charge < -0.3 is 0 Å². The topological polar surface area (TPSA) is 106 Å². The summed E-state index contributed by atoms with van der Waals surface area (Å²) in [6.07, 6.45) is 0. The van der Waals surface area contributed by atoms with Gasteiger partial charge in [0.05, 0.1) is 16.0 Å². The van der Waals surface area contributed by atoms with E-state index in [4.69, 9.17) is 11.6 Å². The lowest BCUT2D eigenvalue weighted by molar-refractivity contribution is -0.384. The molecule has 0 saturated heterocycles. The normalized spacial score (nSPS) is 13.0. The van der Waals surface area contributed by atoms with Crippen molar-refractivity contribution < 1.29 is 18.1 Å². The molecular formula is C10H11ClN2O5S.